The van der Waals surface area contributed by atoms with Gasteiger partial charge in [-0.25, -0.2) is 0 Å². The average Bonchev–Trinajstić information content (AvgIpc) is 2.36. The SMILES string of the molecule is CO[P+]([S-])(OC)O/C(=C\Cl)c1ccc(Br)cc1Br. The quantitative estimate of drug-likeness (QED) is 0.357. The maximum atomic E-state index is 5.77. The van der Waals surface area contributed by atoms with Gasteiger partial charge in [-0.05, 0) is 34.1 Å². The van der Waals surface area contributed by atoms with Gasteiger partial charge in [-0.1, -0.05) is 27.5 Å². The predicted octanol–water partition coefficient (Wildman–Crippen LogP) is 5.28. The van der Waals surface area contributed by atoms with Gasteiger partial charge in [0.1, 0.15) is 0 Å². The van der Waals surface area contributed by atoms with E-state index in [9.17, 15) is 0 Å². The van der Waals surface area contributed by atoms with Crippen LogP contribution in [0.1, 0.15) is 5.56 Å². The van der Waals surface area contributed by atoms with E-state index >= 15 is 0 Å². The third kappa shape index (κ3) is 4.37. The van der Waals surface area contributed by atoms with Crippen LogP contribution in [0.4, 0.5) is 0 Å². The van der Waals surface area contributed by atoms with Crippen molar-refractivity contribution >= 4 is 68.6 Å². The minimum absolute atomic E-state index is 0.392. The molecule has 0 N–H and O–H groups in total. The van der Waals surface area contributed by atoms with Gasteiger partial charge < -0.3 is 16.8 Å². The van der Waals surface area contributed by atoms with Crippen molar-refractivity contribution in [2.24, 2.45) is 0 Å². The Bertz CT molecular complexity index is 455. The number of hydrogen-bond acceptors (Lipinski definition) is 4. The lowest BCUT2D eigenvalue weighted by atomic mass is 10.2. The molecule has 1 aromatic rings. The predicted molar refractivity (Wildman–Crippen MR) is 85.1 cm³/mol. The summed E-state index contributed by atoms with van der Waals surface area (Å²) in [6, 6.07) is 5.59. The van der Waals surface area contributed by atoms with Crippen LogP contribution >= 0.6 is 50.6 Å². The number of halogens is 3. The molecule has 0 spiro atoms. The summed E-state index contributed by atoms with van der Waals surface area (Å²) in [7, 11) is 0.0716. The summed E-state index contributed by atoms with van der Waals surface area (Å²) in [6.07, 6.45) is 0. The molecule has 8 heteroatoms. The van der Waals surface area contributed by atoms with Crippen molar-refractivity contribution in [2.75, 3.05) is 14.2 Å². The molecule has 0 fully saturated rings. The van der Waals surface area contributed by atoms with Crippen molar-refractivity contribution in [3.63, 3.8) is 0 Å². The van der Waals surface area contributed by atoms with Crippen molar-refractivity contribution in [3.8, 4) is 0 Å². The van der Waals surface area contributed by atoms with Crippen LogP contribution in [0, 0.1) is 0 Å². The molecule has 0 saturated carbocycles. The summed E-state index contributed by atoms with van der Waals surface area (Å²) < 4.78 is 17.4. The van der Waals surface area contributed by atoms with E-state index in [2.05, 4.69) is 31.9 Å². The molecule has 0 heterocycles. The monoisotopic (exact) mass is 434 g/mol. The molecule has 0 saturated heterocycles. The highest BCUT2D eigenvalue weighted by Gasteiger charge is 2.29. The van der Waals surface area contributed by atoms with Gasteiger partial charge in [0.25, 0.3) is 0 Å². The van der Waals surface area contributed by atoms with Gasteiger partial charge in [0, 0.05) is 14.5 Å². The Morgan fingerprint density at radius 3 is 2.39 bits per heavy atom. The van der Waals surface area contributed by atoms with E-state index in [4.69, 9.17) is 37.4 Å². The molecule has 0 unspecified atom stereocenters. The van der Waals surface area contributed by atoms with Gasteiger partial charge in [0.15, 0.2) is 5.76 Å². The van der Waals surface area contributed by atoms with Crippen LogP contribution in [-0.2, 0) is 25.8 Å². The van der Waals surface area contributed by atoms with Crippen LogP contribution in [0.3, 0.4) is 0 Å². The zero-order chi connectivity index (χ0) is 13.8. The Labute approximate surface area is 134 Å². The first-order valence-electron chi connectivity index (χ1n) is 4.62. The molecule has 0 bridgehead atoms. The maximum Gasteiger partial charge on any atom is 0.334 e. The minimum atomic E-state index is -2.80. The zero-order valence-electron chi connectivity index (χ0n) is 9.52. The second-order valence-corrected chi connectivity index (χ2v) is 8.14. The molecule has 3 nitrogen and oxygen atoms in total. The summed E-state index contributed by atoms with van der Waals surface area (Å²) in [4.78, 5) is 0. The number of rotatable bonds is 5. The molecular formula is C10H10Br2ClO3PS. The van der Waals surface area contributed by atoms with Crippen LogP contribution < -0.4 is 0 Å². The second kappa shape index (κ2) is 7.48. The largest absolute Gasteiger partial charge is 0.449 e. The Hall–Kier alpha value is 0.710. The number of hydrogen-bond donors (Lipinski definition) is 0. The molecule has 0 atom stereocenters. The molecular weight excluding hydrogens is 426 g/mol. The summed E-state index contributed by atoms with van der Waals surface area (Å²) in [5.74, 6) is 0.392. The Kier molecular flexibility index (Phi) is 6.97. The Morgan fingerprint density at radius 2 is 1.94 bits per heavy atom. The lowest BCUT2D eigenvalue weighted by Crippen LogP contribution is -2.00. The van der Waals surface area contributed by atoms with Gasteiger partial charge in [0.05, 0.1) is 19.8 Å². The first-order chi connectivity index (χ1) is 8.45. The fourth-order valence-corrected chi connectivity index (χ4v) is 3.48. The molecule has 0 amide bonds. The summed E-state index contributed by atoms with van der Waals surface area (Å²) in [5.41, 5.74) is 2.06. The average molecular weight is 436 g/mol. The summed E-state index contributed by atoms with van der Waals surface area (Å²) in [6.45, 7) is 0. The molecule has 0 aliphatic carbocycles. The highest BCUT2D eigenvalue weighted by molar-refractivity contribution is 9.11. The second-order valence-electron chi connectivity index (χ2n) is 3.00. The van der Waals surface area contributed by atoms with Crippen molar-refractivity contribution in [3.05, 3.63) is 38.2 Å². The zero-order valence-corrected chi connectivity index (χ0v) is 15.2. The van der Waals surface area contributed by atoms with E-state index in [0.717, 1.165) is 14.5 Å². The van der Waals surface area contributed by atoms with E-state index in [-0.39, 0.29) is 0 Å². The van der Waals surface area contributed by atoms with Crippen LogP contribution in [0.5, 0.6) is 0 Å². The van der Waals surface area contributed by atoms with Crippen LogP contribution in [0.15, 0.2) is 32.7 Å². The maximum absolute atomic E-state index is 5.77. The van der Waals surface area contributed by atoms with Crippen molar-refractivity contribution in [2.45, 2.75) is 0 Å². The smallest absolute Gasteiger partial charge is 0.334 e. The lowest BCUT2D eigenvalue weighted by Gasteiger charge is -2.25. The standard InChI is InChI=1S/C10H10Br2ClO3PS/c1-14-17(18,15-2)16-10(6-13)8-4-3-7(11)5-9(8)12/h3-6H,1-2H3/b10-6-. The third-order valence-electron chi connectivity index (χ3n) is 1.95. The fourth-order valence-electron chi connectivity index (χ4n) is 1.09. The van der Waals surface area contributed by atoms with Crippen LogP contribution in [0.25, 0.3) is 5.76 Å². The first-order valence-corrected chi connectivity index (χ1v) is 9.20. The highest BCUT2D eigenvalue weighted by atomic mass is 79.9. The van der Waals surface area contributed by atoms with Crippen molar-refractivity contribution in [1.29, 1.82) is 0 Å². The summed E-state index contributed by atoms with van der Waals surface area (Å²) >= 11 is 17.7. The van der Waals surface area contributed by atoms with Crippen molar-refractivity contribution in [1.82, 2.24) is 0 Å². The van der Waals surface area contributed by atoms with Crippen LogP contribution in [-0.4, -0.2) is 14.2 Å². The number of benzene rings is 1. The molecule has 1 aromatic carbocycles. The van der Waals surface area contributed by atoms with Crippen LogP contribution in [0.2, 0.25) is 0 Å². The molecule has 0 aliphatic heterocycles. The highest BCUT2D eigenvalue weighted by Crippen LogP contribution is 2.61. The van der Waals surface area contributed by atoms with E-state index < -0.39 is 7.15 Å². The van der Waals surface area contributed by atoms with Gasteiger partial charge in [0.2, 0.25) is 0 Å². The molecule has 1 rings (SSSR count). The van der Waals surface area contributed by atoms with Crippen molar-refractivity contribution < 1.29 is 13.6 Å². The molecule has 0 aliphatic rings. The third-order valence-corrected chi connectivity index (χ3v) is 5.73. The van der Waals surface area contributed by atoms with E-state index in [1.54, 1.807) is 0 Å². The lowest BCUT2D eigenvalue weighted by molar-refractivity contribution is 0.258. The Morgan fingerprint density at radius 1 is 1.33 bits per heavy atom. The van der Waals surface area contributed by atoms with Gasteiger partial charge in [-0.15, -0.1) is 0 Å². The minimum Gasteiger partial charge on any atom is -0.449 e. The van der Waals surface area contributed by atoms with Gasteiger partial charge in [-0.2, -0.15) is 9.05 Å². The first kappa shape index (κ1) is 16.8. The molecule has 0 radical (unpaired) electrons. The normalized spacial score (nSPS) is 12.7. The molecule has 0 aromatic heterocycles. The topological polar surface area (TPSA) is 27.7 Å². The van der Waals surface area contributed by atoms with E-state index in [1.807, 2.05) is 18.2 Å². The van der Waals surface area contributed by atoms with E-state index in [0.29, 0.717) is 5.76 Å². The van der Waals surface area contributed by atoms with E-state index in [1.165, 1.54) is 19.8 Å². The Balaban J connectivity index is 3.05. The van der Waals surface area contributed by atoms with Gasteiger partial charge >= 0.3 is 7.15 Å². The molecule has 100 valence electrons. The molecule has 18 heavy (non-hydrogen) atoms. The summed E-state index contributed by atoms with van der Waals surface area (Å²) in [5, 5.41) is 0. The fraction of sp³-hybridized carbons (Fsp3) is 0.200. The van der Waals surface area contributed by atoms with Gasteiger partial charge in [-0.3, -0.25) is 0 Å².